The molecule has 1 rings (SSSR count). The average molecular weight is 282 g/mol. The van der Waals surface area contributed by atoms with Crippen molar-refractivity contribution in [2.75, 3.05) is 13.1 Å². The van der Waals surface area contributed by atoms with E-state index in [1.807, 2.05) is 4.90 Å². The Kier molecular flexibility index (Phi) is 7.63. The molecule has 0 saturated carbocycles. The Hall–Kier alpha value is -1.06. The number of amides is 2. The fraction of sp³-hybridized carbons (Fsp3) is 0.875. The van der Waals surface area contributed by atoms with Crippen LogP contribution in [0.5, 0.6) is 0 Å². The minimum atomic E-state index is -0.219. The van der Waals surface area contributed by atoms with E-state index in [1.54, 1.807) is 0 Å². The number of nitrogens with zero attached hydrogens (tertiary/aromatic N) is 1. The van der Waals surface area contributed by atoms with Crippen LogP contribution in [0.25, 0.3) is 0 Å². The molecule has 0 unspecified atom stereocenters. The van der Waals surface area contributed by atoms with Gasteiger partial charge >= 0.3 is 0 Å². The zero-order valence-corrected chi connectivity index (χ0v) is 13.1. The number of hydrogen-bond donors (Lipinski definition) is 1. The summed E-state index contributed by atoms with van der Waals surface area (Å²) in [6, 6.07) is 0. The summed E-state index contributed by atoms with van der Waals surface area (Å²) >= 11 is 0. The number of unbranched alkanes of at least 4 members (excludes halogenated alkanes) is 3. The molecule has 1 aliphatic rings. The van der Waals surface area contributed by atoms with E-state index in [0.717, 1.165) is 32.1 Å². The van der Waals surface area contributed by atoms with Crippen LogP contribution in [-0.2, 0) is 9.59 Å². The van der Waals surface area contributed by atoms with Crippen LogP contribution < -0.4 is 5.73 Å². The zero-order valence-electron chi connectivity index (χ0n) is 13.1. The monoisotopic (exact) mass is 282 g/mol. The van der Waals surface area contributed by atoms with Gasteiger partial charge in [-0.2, -0.15) is 0 Å². The first-order chi connectivity index (χ1) is 9.60. The highest BCUT2D eigenvalue weighted by molar-refractivity contribution is 5.80. The normalized spacial score (nSPS) is 18.0. The molecule has 0 bridgehead atoms. The Bertz CT molecular complexity index is 310. The molecule has 1 saturated heterocycles. The van der Waals surface area contributed by atoms with Gasteiger partial charge in [-0.05, 0) is 25.7 Å². The molecule has 4 heteroatoms. The highest BCUT2D eigenvalue weighted by Gasteiger charge is 2.28. The highest BCUT2D eigenvalue weighted by atomic mass is 16.2. The van der Waals surface area contributed by atoms with E-state index in [2.05, 4.69) is 13.8 Å². The minimum Gasteiger partial charge on any atom is -0.369 e. The maximum absolute atomic E-state index is 12.5. The quantitative estimate of drug-likeness (QED) is 0.696. The highest BCUT2D eigenvalue weighted by Crippen LogP contribution is 2.22. The summed E-state index contributed by atoms with van der Waals surface area (Å²) in [5.41, 5.74) is 5.33. The summed E-state index contributed by atoms with van der Waals surface area (Å²) in [6.07, 6.45) is 8.24. The number of piperidine rings is 1. The third kappa shape index (κ3) is 5.14. The average Bonchev–Trinajstić information content (AvgIpc) is 2.47. The van der Waals surface area contributed by atoms with Gasteiger partial charge in [-0.15, -0.1) is 0 Å². The second kappa shape index (κ2) is 8.98. The smallest absolute Gasteiger partial charge is 0.225 e. The third-order valence-electron chi connectivity index (χ3n) is 4.46. The van der Waals surface area contributed by atoms with Crippen LogP contribution in [0.2, 0.25) is 0 Å². The second-order valence-corrected chi connectivity index (χ2v) is 5.96. The topological polar surface area (TPSA) is 63.4 Å². The molecule has 1 aliphatic heterocycles. The SMILES string of the molecule is CCCCCC[C@H](CC)C(=O)N1CCC(C(N)=O)CC1. The maximum atomic E-state index is 12.5. The first-order valence-electron chi connectivity index (χ1n) is 8.18. The Morgan fingerprint density at radius 2 is 1.80 bits per heavy atom. The predicted octanol–water partition coefficient (Wildman–Crippen LogP) is 2.71. The lowest BCUT2D eigenvalue weighted by atomic mass is 9.92. The number of carbonyl (C=O) groups is 2. The Morgan fingerprint density at radius 3 is 2.30 bits per heavy atom. The number of likely N-dealkylation sites (tertiary alicyclic amines) is 1. The summed E-state index contributed by atoms with van der Waals surface area (Å²) in [5, 5.41) is 0. The molecule has 2 amide bonds. The van der Waals surface area contributed by atoms with Gasteiger partial charge in [0.2, 0.25) is 11.8 Å². The van der Waals surface area contributed by atoms with Gasteiger partial charge in [0.05, 0.1) is 0 Å². The first kappa shape index (κ1) is 17.0. The van der Waals surface area contributed by atoms with Crippen molar-refractivity contribution in [3.63, 3.8) is 0 Å². The fourth-order valence-electron chi connectivity index (χ4n) is 2.96. The molecule has 0 aromatic carbocycles. The molecule has 0 aromatic rings. The van der Waals surface area contributed by atoms with Gasteiger partial charge in [-0.25, -0.2) is 0 Å². The second-order valence-electron chi connectivity index (χ2n) is 5.96. The molecule has 0 spiro atoms. The molecular formula is C16H30N2O2. The Labute approximate surface area is 123 Å². The minimum absolute atomic E-state index is 0.0383. The van der Waals surface area contributed by atoms with E-state index in [-0.39, 0.29) is 23.7 Å². The van der Waals surface area contributed by atoms with Crippen LogP contribution in [-0.4, -0.2) is 29.8 Å². The molecule has 1 fully saturated rings. The van der Waals surface area contributed by atoms with E-state index in [9.17, 15) is 9.59 Å². The first-order valence-corrected chi connectivity index (χ1v) is 8.18. The van der Waals surface area contributed by atoms with Crippen LogP contribution in [0.15, 0.2) is 0 Å². The van der Waals surface area contributed by atoms with Crippen molar-refractivity contribution in [1.29, 1.82) is 0 Å². The van der Waals surface area contributed by atoms with Gasteiger partial charge in [-0.1, -0.05) is 39.5 Å². The van der Waals surface area contributed by atoms with Crippen molar-refractivity contribution in [2.45, 2.75) is 65.2 Å². The van der Waals surface area contributed by atoms with Crippen LogP contribution in [0, 0.1) is 11.8 Å². The van der Waals surface area contributed by atoms with Crippen molar-refractivity contribution in [3.8, 4) is 0 Å². The van der Waals surface area contributed by atoms with Crippen molar-refractivity contribution < 1.29 is 9.59 Å². The largest absolute Gasteiger partial charge is 0.369 e. The third-order valence-corrected chi connectivity index (χ3v) is 4.46. The number of nitrogens with two attached hydrogens (primary N) is 1. The predicted molar refractivity (Wildman–Crippen MR) is 81.0 cm³/mol. The zero-order chi connectivity index (χ0) is 15.0. The molecule has 4 nitrogen and oxygen atoms in total. The van der Waals surface area contributed by atoms with Crippen LogP contribution in [0.3, 0.4) is 0 Å². The van der Waals surface area contributed by atoms with Gasteiger partial charge < -0.3 is 10.6 Å². The molecular weight excluding hydrogens is 252 g/mol. The molecule has 20 heavy (non-hydrogen) atoms. The van der Waals surface area contributed by atoms with E-state index < -0.39 is 0 Å². The van der Waals surface area contributed by atoms with Crippen LogP contribution >= 0.6 is 0 Å². The van der Waals surface area contributed by atoms with E-state index in [4.69, 9.17) is 5.73 Å². The molecule has 2 N–H and O–H groups in total. The van der Waals surface area contributed by atoms with Crippen molar-refractivity contribution in [1.82, 2.24) is 4.90 Å². The Morgan fingerprint density at radius 1 is 1.15 bits per heavy atom. The van der Waals surface area contributed by atoms with Gasteiger partial charge in [0.1, 0.15) is 0 Å². The van der Waals surface area contributed by atoms with Crippen LogP contribution in [0.1, 0.15) is 65.2 Å². The summed E-state index contributed by atoms with van der Waals surface area (Å²) in [6.45, 7) is 5.68. The van der Waals surface area contributed by atoms with E-state index >= 15 is 0 Å². The number of hydrogen-bond acceptors (Lipinski definition) is 2. The van der Waals surface area contributed by atoms with E-state index in [1.165, 1.54) is 19.3 Å². The summed E-state index contributed by atoms with van der Waals surface area (Å²) in [5.74, 6) is 0.191. The lowest BCUT2D eigenvalue weighted by Crippen LogP contribution is -2.44. The van der Waals surface area contributed by atoms with Crippen molar-refractivity contribution >= 4 is 11.8 Å². The molecule has 116 valence electrons. The number of carbonyl (C=O) groups excluding carboxylic acids is 2. The Balaban J connectivity index is 2.37. The van der Waals surface area contributed by atoms with Gasteiger partial charge in [0.25, 0.3) is 0 Å². The van der Waals surface area contributed by atoms with Gasteiger partial charge in [-0.3, -0.25) is 9.59 Å². The summed E-state index contributed by atoms with van der Waals surface area (Å²) in [7, 11) is 0. The summed E-state index contributed by atoms with van der Waals surface area (Å²) < 4.78 is 0. The molecule has 0 aromatic heterocycles. The van der Waals surface area contributed by atoms with E-state index in [0.29, 0.717) is 13.1 Å². The lowest BCUT2D eigenvalue weighted by molar-refractivity contribution is -0.139. The van der Waals surface area contributed by atoms with Gasteiger partial charge in [0, 0.05) is 24.9 Å². The fourth-order valence-corrected chi connectivity index (χ4v) is 2.96. The molecule has 1 atom stereocenters. The van der Waals surface area contributed by atoms with Crippen molar-refractivity contribution in [3.05, 3.63) is 0 Å². The molecule has 0 aliphatic carbocycles. The van der Waals surface area contributed by atoms with Gasteiger partial charge in [0.15, 0.2) is 0 Å². The number of rotatable bonds is 8. The molecule has 0 radical (unpaired) electrons. The number of primary amides is 1. The molecule has 1 heterocycles. The lowest BCUT2D eigenvalue weighted by Gasteiger charge is -2.33. The van der Waals surface area contributed by atoms with Crippen molar-refractivity contribution in [2.24, 2.45) is 17.6 Å². The van der Waals surface area contributed by atoms with Crippen LogP contribution in [0.4, 0.5) is 0 Å². The summed E-state index contributed by atoms with van der Waals surface area (Å²) in [4.78, 5) is 25.6. The standard InChI is InChI=1S/C16H30N2O2/c1-3-5-6-7-8-13(4-2)16(20)18-11-9-14(10-12-18)15(17)19/h13-14H,3-12H2,1-2H3,(H2,17,19)/t13-/m0/s1. The maximum Gasteiger partial charge on any atom is 0.225 e.